The van der Waals surface area contributed by atoms with Crippen LogP contribution in [0.5, 0.6) is 0 Å². The summed E-state index contributed by atoms with van der Waals surface area (Å²) < 4.78 is 5.43. The Balaban J connectivity index is 2.45. The fourth-order valence-corrected chi connectivity index (χ4v) is 2.93. The summed E-state index contributed by atoms with van der Waals surface area (Å²) in [5.74, 6) is 0. The van der Waals surface area contributed by atoms with Crippen LogP contribution in [-0.2, 0) is 4.74 Å². The first-order valence-electron chi connectivity index (χ1n) is 7.09. The van der Waals surface area contributed by atoms with Gasteiger partial charge in [-0.25, -0.2) is 0 Å². The molecule has 0 unspecified atom stereocenters. The van der Waals surface area contributed by atoms with Crippen molar-refractivity contribution in [3.63, 3.8) is 0 Å². The van der Waals surface area contributed by atoms with E-state index in [1.165, 1.54) is 45.3 Å². The molecule has 3 heteroatoms. The standard InChI is InChI=1S/C14H30N2O/c1-5-14(6-2,11-15-3)12-16-9-7-13(17-4)8-10-16/h13,15H,5-12H2,1-4H3. The Kier molecular flexibility index (Phi) is 6.45. The van der Waals surface area contributed by atoms with Crippen molar-refractivity contribution in [3.8, 4) is 0 Å². The van der Waals surface area contributed by atoms with Crippen molar-refractivity contribution >= 4 is 0 Å². The van der Waals surface area contributed by atoms with E-state index < -0.39 is 0 Å². The van der Waals surface area contributed by atoms with Crippen molar-refractivity contribution in [1.82, 2.24) is 10.2 Å². The minimum atomic E-state index is 0.453. The number of nitrogens with zero attached hydrogens (tertiary/aromatic N) is 1. The van der Waals surface area contributed by atoms with E-state index in [4.69, 9.17) is 4.74 Å². The van der Waals surface area contributed by atoms with Crippen molar-refractivity contribution < 1.29 is 4.74 Å². The average Bonchev–Trinajstić information content (AvgIpc) is 2.39. The lowest BCUT2D eigenvalue weighted by atomic mass is 9.81. The van der Waals surface area contributed by atoms with Gasteiger partial charge in [0.25, 0.3) is 0 Å². The molecule has 102 valence electrons. The van der Waals surface area contributed by atoms with Crippen LogP contribution in [0.3, 0.4) is 0 Å². The zero-order chi connectivity index (χ0) is 12.7. The van der Waals surface area contributed by atoms with E-state index in [0.717, 1.165) is 6.54 Å². The van der Waals surface area contributed by atoms with Crippen molar-refractivity contribution in [1.29, 1.82) is 0 Å². The van der Waals surface area contributed by atoms with E-state index in [-0.39, 0.29) is 0 Å². The number of rotatable bonds is 7. The highest BCUT2D eigenvalue weighted by atomic mass is 16.5. The van der Waals surface area contributed by atoms with Crippen LogP contribution in [0, 0.1) is 5.41 Å². The third-order valence-electron chi connectivity index (χ3n) is 4.48. The predicted molar refractivity (Wildman–Crippen MR) is 73.4 cm³/mol. The lowest BCUT2D eigenvalue weighted by molar-refractivity contribution is 0.0245. The summed E-state index contributed by atoms with van der Waals surface area (Å²) in [4.78, 5) is 2.62. The van der Waals surface area contributed by atoms with Crippen LogP contribution < -0.4 is 5.32 Å². The number of hydrogen-bond acceptors (Lipinski definition) is 3. The van der Waals surface area contributed by atoms with Crippen molar-refractivity contribution in [3.05, 3.63) is 0 Å². The molecule has 0 bridgehead atoms. The first-order valence-corrected chi connectivity index (χ1v) is 7.09. The number of piperidine rings is 1. The maximum atomic E-state index is 5.43. The van der Waals surface area contributed by atoms with Crippen LogP contribution in [0.15, 0.2) is 0 Å². The van der Waals surface area contributed by atoms with Crippen molar-refractivity contribution in [2.75, 3.05) is 40.3 Å². The lowest BCUT2D eigenvalue weighted by Gasteiger charge is -2.40. The fourth-order valence-electron chi connectivity index (χ4n) is 2.93. The molecule has 0 saturated carbocycles. The van der Waals surface area contributed by atoms with Gasteiger partial charge in [0, 0.05) is 33.3 Å². The molecule has 0 aromatic carbocycles. The first-order chi connectivity index (χ1) is 8.19. The van der Waals surface area contributed by atoms with Gasteiger partial charge in [-0.15, -0.1) is 0 Å². The predicted octanol–water partition coefficient (Wildman–Crippen LogP) is 2.12. The Hall–Kier alpha value is -0.120. The minimum Gasteiger partial charge on any atom is -0.381 e. The van der Waals surface area contributed by atoms with Gasteiger partial charge in [0.1, 0.15) is 0 Å². The van der Waals surface area contributed by atoms with Crippen LogP contribution in [0.4, 0.5) is 0 Å². The summed E-state index contributed by atoms with van der Waals surface area (Å²) in [6.45, 7) is 9.40. The molecule has 0 radical (unpaired) electrons. The molecule has 0 aromatic heterocycles. The molecule has 0 aromatic rings. The summed E-state index contributed by atoms with van der Waals surface area (Å²) >= 11 is 0. The largest absolute Gasteiger partial charge is 0.381 e. The fraction of sp³-hybridized carbons (Fsp3) is 1.00. The SMILES string of the molecule is CCC(CC)(CNC)CN1CCC(OC)CC1. The van der Waals surface area contributed by atoms with E-state index in [1.807, 2.05) is 7.11 Å². The summed E-state index contributed by atoms with van der Waals surface area (Å²) in [5, 5.41) is 3.37. The molecular formula is C14H30N2O. The van der Waals surface area contributed by atoms with E-state index in [1.54, 1.807) is 0 Å². The summed E-state index contributed by atoms with van der Waals surface area (Å²) in [6, 6.07) is 0. The number of likely N-dealkylation sites (tertiary alicyclic amines) is 1. The van der Waals surface area contributed by atoms with Gasteiger partial charge in [-0.2, -0.15) is 0 Å². The van der Waals surface area contributed by atoms with Gasteiger partial charge in [0.15, 0.2) is 0 Å². The molecule has 0 amide bonds. The van der Waals surface area contributed by atoms with E-state index in [2.05, 4.69) is 31.1 Å². The van der Waals surface area contributed by atoms with E-state index >= 15 is 0 Å². The zero-order valence-corrected chi connectivity index (χ0v) is 12.1. The van der Waals surface area contributed by atoms with Gasteiger partial charge in [-0.05, 0) is 38.1 Å². The van der Waals surface area contributed by atoms with Gasteiger partial charge in [0.05, 0.1) is 6.10 Å². The Morgan fingerprint density at radius 3 is 2.24 bits per heavy atom. The molecule has 1 fully saturated rings. The molecule has 3 nitrogen and oxygen atoms in total. The lowest BCUT2D eigenvalue weighted by Crippen LogP contribution is -2.46. The Labute approximate surface area is 107 Å². The Bertz CT molecular complexity index is 196. The molecule has 1 rings (SSSR count). The molecular weight excluding hydrogens is 212 g/mol. The highest BCUT2D eigenvalue weighted by Gasteiger charge is 2.30. The first kappa shape index (κ1) is 14.9. The monoisotopic (exact) mass is 242 g/mol. The van der Waals surface area contributed by atoms with Gasteiger partial charge in [-0.1, -0.05) is 13.8 Å². The number of methoxy groups -OCH3 is 1. The van der Waals surface area contributed by atoms with Gasteiger partial charge >= 0.3 is 0 Å². The van der Waals surface area contributed by atoms with Crippen LogP contribution in [0.2, 0.25) is 0 Å². The van der Waals surface area contributed by atoms with Gasteiger partial charge in [0.2, 0.25) is 0 Å². The topological polar surface area (TPSA) is 24.5 Å². The minimum absolute atomic E-state index is 0.453. The van der Waals surface area contributed by atoms with E-state index in [0.29, 0.717) is 11.5 Å². The van der Waals surface area contributed by atoms with Gasteiger partial charge < -0.3 is 15.0 Å². The molecule has 0 atom stereocenters. The maximum absolute atomic E-state index is 5.43. The van der Waals surface area contributed by atoms with Crippen molar-refractivity contribution in [2.24, 2.45) is 5.41 Å². The molecule has 1 aliphatic rings. The molecule has 0 aliphatic carbocycles. The normalized spacial score (nSPS) is 19.8. The maximum Gasteiger partial charge on any atom is 0.0595 e. The smallest absolute Gasteiger partial charge is 0.0595 e. The van der Waals surface area contributed by atoms with Crippen molar-refractivity contribution in [2.45, 2.75) is 45.6 Å². The summed E-state index contributed by atoms with van der Waals surface area (Å²) in [5.41, 5.74) is 0.453. The van der Waals surface area contributed by atoms with Crippen LogP contribution >= 0.6 is 0 Å². The second-order valence-electron chi connectivity index (χ2n) is 5.45. The zero-order valence-electron chi connectivity index (χ0n) is 12.1. The Morgan fingerprint density at radius 2 is 1.82 bits per heavy atom. The quantitative estimate of drug-likeness (QED) is 0.740. The average molecular weight is 242 g/mol. The van der Waals surface area contributed by atoms with Crippen LogP contribution in [0.25, 0.3) is 0 Å². The molecule has 1 N–H and O–H groups in total. The number of hydrogen-bond donors (Lipinski definition) is 1. The molecule has 17 heavy (non-hydrogen) atoms. The van der Waals surface area contributed by atoms with E-state index in [9.17, 15) is 0 Å². The second kappa shape index (κ2) is 7.34. The van der Waals surface area contributed by atoms with Crippen LogP contribution in [0.1, 0.15) is 39.5 Å². The molecule has 1 saturated heterocycles. The third-order valence-corrected chi connectivity index (χ3v) is 4.48. The summed E-state index contributed by atoms with van der Waals surface area (Å²) in [6.07, 6.45) is 5.40. The third kappa shape index (κ3) is 4.23. The molecule has 1 aliphatic heterocycles. The van der Waals surface area contributed by atoms with Crippen LogP contribution in [-0.4, -0.2) is 51.3 Å². The molecule has 1 heterocycles. The highest BCUT2D eigenvalue weighted by molar-refractivity contribution is 4.84. The van der Waals surface area contributed by atoms with Gasteiger partial charge in [-0.3, -0.25) is 0 Å². The Morgan fingerprint density at radius 1 is 1.24 bits per heavy atom. The molecule has 0 spiro atoms. The highest BCUT2D eigenvalue weighted by Crippen LogP contribution is 2.28. The number of nitrogens with one attached hydrogen (secondary N) is 1. The second-order valence-corrected chi connectivity index (χ2v) is 5.45. The number of ether oxygens (including phenoxy) is 1. The summed E-state index contributed by atoms with van der Waals surface area (Å²) in [7, 11) is 3.90.